The summed E-state index contributed by atoms with van der Waals surface area (Å²) in [5.74, 6) is -2.24. The number of hydrogen-bond acceptors (Lipinski definition) is 3. The lowest BCUT2D eigenvalue weighted by molar-refractivity contribution is -0.171. The van der Waals surface area contributed by atoms with Crippen LogP contribution in [-0.4, -0.2) is 41.6 Å². The Hall–Kier alpha value is -1.66. The summed E-state index contributed by atoms with van der Waals surface area (Å²) in [5.41, 5.74) is 0.324. The number of nitrogens with zero attached hydrogens (tertiary/aromatic N) is 1. The van der Waals surface area contributed by atoms with Crippen LogP contribution < -0.4 is 0 Å². The Morgan fingerprint density at radius 2 is 2.26 bits per heavy atom. The molecule has 1 aromatic carbocycles. The number of morpholine rings is 1. The summed E-state index contributed by atoms with van der Waals surface area (Å²) in [5, 5.41) is 9.05. The van der Waals surface area contributed by atoms with E-state index in [2.05, 4.69) is 0 Å². The third kappa shape index (κ3) is 2.54. The number of carboxylic acid groups (broad SMARTS) is 1. The smallest absolute Gasteiger partial charge is 0.335 e. The number of carbonyl (C=O) groups is 2. The van der Waals surface area contributed by atoms with E-state index in [0.717, 1.165) is 6.07 Å². The Morgan fingerprint density at radius 1 is 1.58 bits per heavy atom. The van der Waals surface area contributed by atoms with E-state index < -0.39 is 23.9 Å². The molecule has 0 spiro atoms. The van der Waals surface area contributed by atoms with E-state index in [1.807, 2.05) is 0 Å². The molecule has 1 N–H and O–H groups in total. The molecular formula is C12H11ClFNO4. The summed E-state index contributed by atoms with van der Waals surface area (Å²) in [6.07, 6.45) is -1.23. The number of ether oxygens (including phenoxy) is 1. The van der Waals surface area contributed by atoms with Gasteiger partial charge in [0.1, 0.15) is 12.4 Å². The SMILES string of the molecule is CN1C(=O)COC(C(=O)O)C1c1ccc(Cl)c(F)c1. The second-order valence-corrected chi connectivity index (χ2v) is 4.60. The number of likely N-dealkylation sites (N-methyl/N-ethyl adjacent to an activating group) is 1. The van der Waals surface area contributed by atoms with Gasteiger partial charge in [-0.1, -0.05) is 17.7 Å². The molecule has 19 heavy (non-hydrogen) atoms. The van der Waals surface area contributed by atoms with Crippen molar-refractivity contribution in [1.29, 1.82) is 0 Å². The van der Waals surface area contributed by atoms with E-state index in [4.69, 9.17) is 21.4 Å². The zero-order valence-corrected chi connectivity index (χ0v) is 10.7. The molecule has 0 aromatic heterocycles. The second kappa shape index (κ2) is 5.14. The average molecular weight is 288 g/mol. The van der Waals surface area contributed by atoms with Gasteiger partial charge >= 0.3 is 5.97 Å². The fourth-order valence-electron chi connectivity index (χ4n) is 2.01. The van der Waals surface area contributed by atoms with Gasteiger partial charge in [-0.25, -0.2) is 9.18 Å². The molecule has 1 amide bonds. The quantitative estimate of drug-likeness (QED) is 0.894. The van der Waals surface area contributed by atoms with Crippen LogP contribution in [0.15, 0.2) is 18.2 Å². The molecule has 1 aromatic rings. The maximum atomic E-state index is 13.5. The first-order valence-electron chi connectivity index (χ1n) is 5.47. The topological polar surface area (TPSA) is 66.8 Å². The van der Waals surface area contributed by atoms with Gasteiger partial charge < -0.3 is 14.7 Å². The molecular weight excluding hydrogens is 277 g/mol. The molecule has 5 nitrogen and oxygen atoms in total. The predicted octanol–water partition coefficient (Wildman–Crippen LogP) is 1.46. The molecule has 1 fully saturated rings. The van der Waals surface area contributed by atoms with Crippen LogP contribution in [0.2, 0.25) is 5.02 Å². The van der Waals surface area contributed by atoms with Crippen molar-refractivity contribution in [1.82, 2.24) is 4.90 Å². The van der Waals surface area contributed by atoms with Crippen molar-refractivity contribution in [2.24, 2.45) is 0 Å². The highest BCUT2D eigenvalue weighted by Gasteiger charge is 2.40. The monoisotopic (exact) mass is 287 g/mol. The maximum Gasteiger partial charge on any atom is 0.335 e. The van der Waals surface area contributed by atoms with Crippen LogP contribution in [0.5, 0.6) is 0 Å². The van der Waals surface area contributed by atoms with Gasteiger partial charge in [-0.15, -0.1) is 0 Å². The lowest BCUT2D eigenvalue weighted by atomic mass is 9.98. The molecule has 7 heteroatoms. The zero-order chi connectivity index (χ0) is 14.2. The number of amides is 1. The first-order chi connectivity index (χ1) is 8.91. The van der Waals surface area contributed by atoms with Crippen LogP contribution in [0.4, 0.5) is 4.39 Å². The lowest BCUT2D eigenvalue weighted by Gasteiger charge is -2.37. The van der Waals surface area contributed by atoms with Crippen molar-refractivity contribution >= 4 is 23.5 Å². The number of aliphatic carboxylic acids is 1. The largest absolute Gasteiger partial charge is 0.479 e. The van der Waals surface area contributed by atoms with Crippen molar-refractivity contribution in [3.05, 3.63) is 34.6 Å². The summed E-state index contributed by atoms with van der Waals surface area (Å²) >= 11 is 5.58. The highest BCUT2D eigenvalue weighted by atomic mass is 35.5. The summed E-state index contributed by atoms with van der Waals surface area (Å²) in [6, 6.07) is 3.02. The number of hydrogen-bond donors (Lipinski definition) is 1. The summed E-state index contributed by atoms with van der Waals surface area (Å²) in [6.45, 7) is -0.306. The molecule has 2 atom stereocenters. The van der Waals surface area contributed by atoms with Crippen LogP contribution in [0.3, 0.4) is 0 Å². The van der Waals surface area contributed by atoms with Crippen molar-refractivity contribution in [3.63, 3.8) is 0 Å². The van der Waals surface area contributed by atoms with E-state index in [9.17, 15) is 14.0 Å². The summed E-state index contributed by atoms with van der Waals surface area (Å²) in [4.78, 5) is 24.0. The molecule has 102 valence electrons. The van der Waals surface area contributed by atoms with E-state index in [-0.39, 0.29) is 17.5 Å². The normalized spacial score (nSPS) is 23.5. The van der Waals surface area contributed by atoms with Crippen molar-refractivity contribution in [2.45, 2.75) is 12.1 Å². The van der Waals surface area contributed by atoms with Gasteiger partial charge in [0.25, 0.3) is 0 Å². The minimum Gasteiger partial charge on any atom is -0.479 e. The van der Waals surface area contributed by atoms with Crippen LogP contribution >= 0.6 is 11.6 Å². The third-order valence-electron chi connectivity index (χ3n) is 3.01. The molecule has 0 aliphatic carbocycles. The van der Waals surface area contributed by atoms with Crippen LogP contribution in [-0.2, 0) is 14.3 Å². The van der Waals surface area contributed by atoms with Crippen LogP contribution in [0.1, 0.15) is 11.6 Å². The lowest BCUT2D eigenvalue weighted by Crippen LogP contribution is -2.50. The maximum absolute atomic E-state index is 13.5. The molecule has 2 rings (SSSR count). The first-order valence-corrected chi connectivity index (χ1v) is 5.84. The first kappa shape index (κ1) is 13.8. The van der Waals surface area contributed by atoms with Gasteiger partial charge in [0, 0.05) is 7.05 Å². The number of halogens is 2. The molecule has 1 aliphatic rings. The van der Waals surface area contributed by atoms with Gasteiger partial charge in [-0.3, -0.25) is 4.79 Å². The van der Waals surface area contributed by atoms with Gasteiger partial charge in [-0.2, -0.15) is 0 Å². The second-order valence-electron chi connectivity index (χ2n) is 4.19. The number of rotatable bonds is 2. The Bertz CT molecular complexity index is 536. The van der Waals surface area contributed by atoms with Crippen molar-refractivity contribution < 1.29 is 23.8 Å². The molecule has 0 bridgehead atoms. The van der Waals surface area contributed by atoms with Crippen molar-refractivity contribution in [2.75, 3.05) is 13.7 Å². The third-order valence-corrected chi connectivity index (χ3v) is 3.32. The number of benzene rings is 1. The van der Waals surface area contributed by atoms with E-state index >= 15 is 0 Å². The minimum absolute atomic E-state index is 0.0682. The Morgan fingerprint density at radius 3 is 2.84 bits per heavy atom. The Balaban J connectivity index is 2.43. The van der Waals surface area contributed by atoms with Gasteiger partial charge in [-0.05, 0) is 17.7 Å². The molecule has 1 aliphatic heterocycles. The van der Waals surface area contributed by atoms with Crippen LogP contribution in [0.25, 0.3) is 0 Å². The van der Waals surface area contributed by atoms with Gasteiger partial charge in [0.15, 0.2) is 6.10 Å². The molecule has 1 heterocycles. The van der Waals surface area contributed by atoms with E-state index in [0.29, 0.717) is 5.56 Å². The number of carboxylic acids is 1. The predicted molar refractivity (Wildman–Crippen MR) is 64.3 cm³/mol. The van der Waals surface area contributed by atoms with Crippen LogP contribution in [0, 0.1) is 5.82 Å². The zero-order valence-electron chi connectivity index (χ0n) is 9.97. The summed E-state index contributed by atoms with van der Waals surface area (Å²) in [7, 11) is 1.46. The van der Waals surface area contributed by atoms with Crippen molar-refractivity contribution in [3.8, 4) is 0 Å². The standard InChI is InChI=1S/C12H11ClFNO4/c1-15-9(16)5-19-11(12(17)18)10(15)6-2-3-7(13)8(14)4-6/h2-4,10-11H,5H2,1H3,(H,17,18). The highest BCUT2D eigenvalue weighted by Crippen LogP contribution is 2.31. The minimum atomic E-state index is -1.23. The summed E-state index contributed by atoms with van der Waals surface area (Å²) < 4.78 is 18.5. The Labute approximate surface area is 113 Å². The van der Waals surface area contributed by atoms with Gasteiger partial charge in [0.05, 0.1) is 11.1 Å². The molecule has 0 radical (unpaired) electrons. The molecule has 0 saturated carbocycles. The fourth-order valence-corrected chi connectivity index (χ4v) is 2.13. The van der Waals surface area contributed by atoms with Gasteiger partial charge in [0.2, 0.25) is 5.91 Å². The Kier molecular flexibility index (Phi) is 3.73. The van der Waals surface area contributed by atoms with E-state index in [1.54, 1.807) is 0 Å². The average Bonchev–Trinajstić information content (AvgIpc) is 2.35. The number of carbonyl (C=O) groups excluding carboxylic acids is 1. The molecule has 2 unspecified atom stereocenters. The van der Waals surface area contributed by atoms with E-state index in [1.165, 1.54) is 24.1 Å². The molecule has 1 saturated heterocycles. The fraction of sp³-hybridized carbons (Fsp3) is 0.333. The highest BCUT2D eigenvalue weighted by molar-refractivity contribution is 6.30.